The van der Waals surface area contributed by atoms with Gasteiger partial charge in [0.15, 0.2) is 0 Å². The highest BCUT2D eigenvalue weighted by Crippen LogP contribution is 2.40. The van der Waals surface area contributed by atoms with E-state index in [0.29, 0.717) is 61.4 Å². The Morgan fingerprint density at radius 2 is 1.46 bits per heavy atom. The highest BCUT2D eigenvalue weighted by Gasteiger charge is 2.44. The van der Waals surface area contributed by atoms with Crippen molar-refractivity contribution in [3.63, 3.8) is 0 Å². The highest BCUT2D eigenvalue weighted by atomic mass is 19.4. The third kappa shape index (κ3) is 6.87. The van der Waals surface area contributed by atoms with Crippen LogP contribution in [0.15, 0.2) is 42.5 Å². The van der Waals surface area contributed by atoms with Crippen molar-refractivity contribution in [2.24, 2.45) is 5.92 Å². The summed E-state index contributed by atoms with van der Waals surface area (Å²) in [6.07, 6.45) is -8.26. The number of likely N-dealkylation sites (N-methyl/N-ethyl adjacent to an activating group) is 1. The minimum Gasteiger partial charge on any atom is -0.448 e. The van der Waals surface area contributed by atoms with Gasteiger partial charge in [0.2, 0.25) is 5.91 Å². The third-order valence-corrected chi connectivity index (χ3v) is 9.22. The van der Waals surface area contributed by atoms with Gasteiger partial charge in [-0.1, -0.05) is 12.1 Å². The van der Waals surface area contributed by atoms with Crippen molar-refractivity contribution < 1.29 is 49.9 Å². The lowest BCUT2D eigenvalue weighted by atomic mass is 9.84. The number of likely N-dealkylation sites (tertiary alicyclic amines) is 1. The van der Waals surface area contributed by atoms with Gasteiger partial charge in [-0.3, -0.25) is 9.69 Å². The Kier molecular flexibility index (Phi) is 9.15. The molecule has 2 atom stereocenters. The second-order valence-electron chi connectivity index (χ2n) is 12.0. The van der Waals surface area contributed by atoms with Gasteiger partial charge in [0.25, 0.3) is 0 Å². The van der Waals surface area contributed by atoms with E-state index in [1.54, 1.807) is 9.80 Å². The first-order valence-corrected chi connectivity index (χ1v) is 14.8. The Bertz CT molecular complexity index is 1430. The monoisotopic (exact) mass is 658 g/mol. The second kappa shape index (κ2) is 12.6. The van der Waals surface area contributed by atoms with E-state index in [1.807, 2.05) is 0 Å². The molecule has 15 heteroatoms. The number of cyclic esters (lactones) is 1. The zero-order valence-corrected chi connectivity index (χ0v) is 25.1. The van der Waals surface area contributed by atoms with Crippen LogP contribution in [-0.4, -0.2) is 85.2 Å². The quantitative estimate of drug-likeness (QED) is 0.351. The summed E-state index contributed by atoms with van der Waals surface area (Å²) >= 11 is 0. The number of hydrogen-bond donors (Lipinski definition) is 0. The average molecular weight is 659 g/mol. The summed E-state index contributed by atoms with van der Waals surface area (Å²) in [5.74, 6) is -1.51. The smallest absolute Gasteiger partial charge is 0.416 e. The first kappa shape index (κ1) is 33.3. The molecule has 2 aliphatic heterocycles. The minimum absolute atomic E-state index is 0.0131. The van der Waals surface area contributed by atoms with Crippen LogP contribution in [0.1, 0.15) is 48.3 Å². The number of alkyl halides is 6. The molecule has 250 valence electrons. The number of carbonyl (C=O) groups is 3. The van der Waals surface area contributed by atoms with Gasteiger partial charge in [-0.15, -0.1) is 0 Å². The molecule has 0 N–H and O–H groups in total. The van der Waals surface area contributed by atoms with Crippen molar-refractivity contribution in [3.05, 3.63) is 65.0 Å². The van der Waals surface area contributed by atoms with Crippen LogP contribution in [0.5, 0.6) is 0 Å². The maximum atomic E-state index is 13.8. The van der Waals surface area contributed by atoms with E-state index in [1.165, 1.54) is 36.2 Å². The molecule has 3 fully saturated rings. The Hall–Kier alpha value is -4.04. The molecule has 2 saturated heterocycles. The zero-order chi connectivity index (χ0) is 33.6. The number of halogens is 7. The van der Waals surface area contributed by atoms with Gasteiger partial charge >= 0.3 is 24.5 Å². The largest absolute Gasteiger partial charge is 0.448 e. The van der Waals surface area contributed by atoms with Crippen LogP contribution >= 0.6 is 0 Å². The van der Waals surface area contributed by atoms with Crippen LogP contribution in [-0.2, 0) is 21.9 Å². The number of hydrogen-bond acceptors (Lipinski definition) is 4. The second-order valence-corrected chi connectivity index (χ2v) is 12.0. The normalized spacial score (nSPS) is 23.8. The number of anilines is 1. The highest BCUT2D eigenvalue weighted by molar-refractivity contribution is 5.92. The van der Waals surface area contributed by atoms with Crippen molar-refractivity contribution in [2.45, 2.75) is 56.0 Å². The Balaban J connectivity index is 1.36. The molecular formula is C31H33F7N4O4. The lowest BCUT2D eigenvalue weighted by molar-refractivity contribution is -0.143. The van der Waals surface area contributed by atoms with E-state index < -0.39 is 53.0 Å². The zero-order valence-electron chi connectivity index (χ0n) is 25.1. The maximum Gasteiger partial charge on any atom is 0.416 e. The Morgan fingerprint density at radius 1 is 0.870 bits per heavy atom. The minimum atomic E-state index is -5.09. The summed E-state index contributed by atoms with van der Waals surface area (Å²) in [6, 6.07) is 4.80. The maximum absolute atomic E-state index is 13.8. The number of carbonyl (C=O) groups excluding carboxylic acids is 3. The molecule has 3 aliphatic rings. The molecule has 1 aliphatic carbocycles. The first-order valence-electron chi connectivity index (χ1n) is 14.8. The van der Waals surface area contributed by atoms with Gasteiger partial charge in [0.1, 0.15) is 12.4 Å². The van der Waals surface area contributed by atoms with E-state index in [9.17, 15) is 45.1 Å². The fourth-order valence-electron chi connectivity index (χ4n) is 6.65. The molecule has 2 aromatic rings. The van der Waals surface area contributed by atoms with E-state index in [4.69, 9.17) is 4.74 Å². The summed E-state index contributed by atoms with van der Waals surface area (Å²) in [5, 5.41) is 0. The molecule has 0 unspecified atom stereocenters. The molecule has 46 heavy (non-hydrogen) atoms. The molecule has 0 bridgehead atoms. The van der Waals surface area contributed by atoms with E-state index in [2.05, 4.69) is 0 Å². The van der Waals surface area contributed by atoms with Crippen LogP contribution < -0.4 is 4.90 Å². The van der Waals surface area contributed by atoms with Crippen LogP contribution in [0, 0.1) is 11.7 Å². The van der Waals surface area contributed by atoms with Crippen molar-refractivity contribution in [3.8, 4) is 0 Å². The van der Waals surface area contributed by atoms with Crippen LogP contribution in [0.3, 0.4) is 0 Å². The van der Waals surface area contributed by atoms with Gasteiger partial charge in [-0.2, -0.15) is 26.3 Å². The van der Waals surface area contributed by atoms with E-state index in [-0.39, 0.29) is 43.1 Å². The summed E-state index contributed by atoms with van der Waals surface area (Å²) in [7, 11) is 2.44. The topological polar surface area (TPSA) is 73.4 Å². The molecular weight excluding hydrogens is 625 g/mol. The van der Waals surface area contributed by atoms with Crippen LogP contribution in [0.25, 0.3) is 0 Å². The number of urea groups is 1. The first-order chi connectivity index (χ1) is 21.5. The van der Waals surface area contributed by atoms with Gasteiger partial charge in [0.05, 0.1) is 23.7 Å². The van der Waals surface area contributed by atoms with E-state index >= 15 is 0 Å². The summed E-state index contributed by atoms with van der Waals surface area (Å²) in [5.41, 5.74) is -3.11. The number of ether oxygens (including phenoxy) is 1. The summed E-state index contributed by atoms with van der Waals surface area (Å²) < 4.78 is 99.8. The van der Waals surface area contributed by atoms with Crippen molar-refractivity contribution in [1.29, 1.82) is 0 Å². The summed E-state index contributed by atoms with van der Waals surface area (Å²) in [6.45, 7) is 1.04. The number of benzene rings is 2. The molecule has 0 radical (unpaired) electrons. The molecule has 0 spiro atoms. The lowest BCUT2D eigenvalue weighted by Gasteiger charge is -2.34. The van der Waals surface area contributed by atoms with Gasteiger partial charge in [-0.25, -0.2) is 14.0 Å². The Labute approximate surface area is 260 Å². The predicted octanol–water partition coefficient (Wildman–Crippen LogP) is 6.36. The van der Waals surface area contributed by atoms with Crippen molar-refractivity contribution in [1.82, 2.24) is 14.7 Å². The van der Waals surface area contributed by atoms with Gasteiger partial charge in [0, 0.05) is 50.7 Å². The fourth-order valence-corrected chi connectivity index (χ4v) is 6.65. The number of amides is 4. The standard InChI is InChI=1S/C31H33F7N4O4/c1-39(24-14-20(30(33,34)35)13-21(15-24)31(36,37)38)28(44)40(2)26-17-41(16-25(26)18-3-7-22(32)8-4-18)27(43)19-5-9-23(10-6-19)42-11-12-46-29(42)45/h3-4,7-8,13-15,19,23,25-26H,5-6,9-12,16-17H2,1-2H3/t19?,23?,25-,26+/m0/s1. The predicted molar refractivity (Wildman–Crippen MR) is 151 cm³/mol. The van der Waals surface area contributed by atoms with Crippen LogP contribution in [0.2, 0.25) is 0 Å². The Morgan fingerprint density at radius 3 is 1.98 bits per heavy atom. The molecule has 5 rings (SSSR count). The fraction of sp³-hybridized carbons (Fsp3) is 0.516. The third-order valence-electron chi connectivity index (χ3n) is 9.22. The lowest BCUT2D eigenvalue weighted by Crippen LogP contribution is -2.48. The SMILES string of the molecule is CN(C(=O)N(C)[C@@H]1CN(C(=O)C2CCC(N3CCOC3=O)CC2)C[C@H]1c1ccc(F)cc1)c1cc(C(F)(F)F)cc(C(F)(F)F)c1. The molecule has 1 saturated carbocycles. The molecule has 8 nitrogen and oxygen atoms in total. The van der Waals surface area contributed by atoms with Gasteiger partial charge < -0.3 is 19.4 Å². The number of nitrogens with zero attached hydrogens (tertiary/aromatic N) is 4. The van der Waals surface area contributed by atoms with Gasteiger partial charge in [-0.05, 0) is 61.6 Å². The molecule has 0 aromatic heterocycles. The van der Waals surface area contributed by atoms with Crippen LogP contribution in [0.4, 0.5) is 46.0 Å². The van der Waals surface area contributed by atoms with E-state index in [0.717, 1.165) is 7.05 Å². The summed E-state index contributed by atoms with van der Waals surface area (Å²) in [4.78, 5) is 44.5. The molecule has 2 heterocycles. The van der Waals surface area contributed by atoms with Crippen molar-refractivity contribution in [2.75, 3.05) is 45.2 Å². The molecule has 2 aromatic carbocycles. The van der Waals surface area contributed by atoms with Crippen molar-refractivity contribution >= 4 is 23.7 Å². The average Bonchev–Trinajstić information content (AvgIpc) is 3.66. The number of rotatable bonds is 5. The molecule has 4 amide bonds.